The maximum atomic E-state index is 3.41. The van der Waals surface area contributed by atoms with Gasteiger partial charge in [0.25, 0.3) is 0 Å². The molecule has 1 N–H and O–H groups in total. The van der Waals surface area contributed by atoms with E-state index in [-0.39, 0.29) is 5.41 Å². The Bertz CT molecular complexity index is 412. The highest BCUT2D eigenvalue weighted by atomic mass is 15.2. The van der Waals surface area contributed by atoms with Gasteiger partial charge in [-0.1, -0.05) is 39.0 Å². The number of nitrogens with one attached hydrogen (secondary N) is 1. The van der Waals surface area contributed by atoms with Crippen molar-refractivity contribution in [3.05, 3.63) is 34.9 Å². The highest BCUT2D eigenvalue weighted by molar-refractivity contribution is 5.34. The number of nitrogens with zero attached hydrogens (tertiary/aromatic N) is 1. The number of aryl methyl sites for hydroxylation is 1. The molecular weight excluding hydrogens is 232 g/mol. The highest BCUT2D eigenvalue weighted by Gasteiger charge is 2.15. The first-order valence-corrected chi connectivity index (χ1v) is 7.50. The second-order valence-corrected chi connectivity index (χ2v) is 6.73. The summed E-state index contributed by atoms with van der Waals surface area (Å²) in [5.74, 6) is 0. The van der Waals surface area contributed by atoms with Crippen molar-refractivity contribution in [1.82, 2.24) is 10.2 Å². The molecule has 1 aliphatic rings. The van der Waals surface area contributed by atoms with Crippen molar-refractivity contribution in [2.24, 2.45) is 0 Å². The largest absolute Gasteiger partial charge is 0.314 e. The number of piperazine rings is 1. The molecule has 106 valence electrons. The van der Waals surface area contributed by atoms with Crippen molar-refractivity contribution in [2.45, 2.75) is 39.5 Å². The average Bonchev–Trinajstić information content (AvgIpc) is 2.37. The molecule has 2 rings (SSSR count). The maximum Gasteiger partial charge on any atom is 0.0108 e. The number of rotatable bonds is 3. The molecule has 0 bridgehead atoms. The highest BCUT2D eigenvalue weighted by Crippen LogP contribution is 2.24. The van der Waals surface area contributed by atoms with Gasteiger partial charge in [-0.05, 0) is 35.4 Å². The zero-order valence-electron chi connectivity index (χ0n) is 12.9. The van der Waals surface area contributed by atoms with Gasteiger partial charge in [-0.15, -0.1) is 0 Å². The van der Waals surface area contributed by atoms with Gasteiger partial charge in [-0.2, -0.15) is 0 Å². The quantitative estimate of drug-likeness (QED) is 0.899. The third kappa shape index (κ3) is 4.05. The lowest BCUT2D eigenvalue weighted by molar-refractivity contribution is 0.244. The fraction of sp³-hybridized carbons (Fsp3) is 0.647. The van der Waals surface area contributed by atoms with Crippen molar-refractivity contribution in [3.8, 4) is 0 Å². The lowest BCUT2D eigenvalue weighted by Crippen LogP contribution is -2.44. The van der Waals surface area contributed by atoms with Crippen LogP contribution in [0.5, 0.6) is 0 Å². The first-order valence-electron chi connectivity index (χ1n) is 7.50. The van der Waals surface area contributed by atoms with E-state index in [0.717, 1.165) is 13.1 Å². The van der Waals surface area contributed by atoms with Gasteiger partial charge in [0.15, 0.2) is 0 Å². The van der Waals surface area contributed by atoms with Gasteiger partial charge in [0.1, 0.15) is 0 Å². The molecule has 1 aromatic carbocycles. The lowest BCUT2D eigenvalue weighted by atomic mass is 9.85. The fourth-order valence-corrected chi connectivity index (χ4v) is 2.62. The van der Waals surface area contributed by atoms with Gasteiger partial charge in [-0.3, -0.25) is 0 Å². The molecule has 2 heteroatoms. The van der Waals surface area contributed by atoms with Crippen molar-refractivity contribution >= 4 is 0 Å². The van der Waals surface area contributed by atoms with E-state index >= 15 is 0 Å². The van der Waals surface area contributed by atoms with E-state index in [2.05, 4.69) is 56.1 Å². The van der Waals surface area contributed by atoms with Crippen LogP contribution in [0.2, 0.25) is 0 Å². The summed E-state index contributed by atoms with van der Waals surface area (Å²) in [6, 6.07) is 6.98. The molecule has 1 saturated heterocycles. The zero-order valence-corrected chi connectivity index (χ0v) is 12.9. The van der Waals surface area contributed by atoms with Crippen LogP contribution in [0.3, 0.4) is 0 Å². The van der Waals surface area contributed by atoms with E-state index in [4.69, 9.17) is 0 Å². The Morgan fingerprint density at radius 1 is 1.16 bits per heavy atom. The molecule has 1 aromatic rings. The summed E-state index contributed by atoms with van der Waals surface area (Å²) in [6.45, 7) is 15.0. The Labute approximate surface area is 118 Å². The smallest absolute Gasteiger partial charge is 0.0108 e. The van der Waals surface area contributed by atoms with E-state index in [9.17, 15) is 0 Å². The van der Waals surface area contributed by atoms with E-state index in [0.29, 0.717) is 0 Å². The lowest BCUT2D eigenvalue weighted by Gasteiger charge is -2.27. The Morgan fingerprint density at radius 3 is 2.47 bits per heavy atom. The fourth-order valence-electron chi connectivity index (χ4n) is 2.62. The molecular formula is C17H28N2. The van der Waals surface area contributed by atoms with Crippen LogP contribution >= 0.6 is 0 Å². The summed E-state index contributed by atoms with van der Waals surface area (Å²) >= 11 is 0. The van der Waals surface area contributed by atoms with E-state index < -0.39 is 0 Å². The molecule has 0 atom stereocenters. The molecule has 2 nitrogen and oxygen atoms in total. The van der Waals surface area contributed by atoms with Gasteiger partial charge in [0.2, 0.25) is 0 Å². The molecule has 0 amide bonds. The first-order chi connectivity index (χ1) is 8.97. The molecule has 0 spiro atoms. The van der Waals surface area contributed by atoms with Crippen LogP contribution in [0.4, 0.5) is 0 Å². The predicted molar refractivity (Wildman–Crippen MR) is 82.9 cm³/mol. The minimum absolute atomic E-state index is 0.248. The Balaban J connectivity index is 2.02. The predicted octanol–water partition coefficient (Wildman–Crippen LogP) is 2.74. The molecule has 0 unspecified atom stereocenters. The van der Waals surface area contributed by atoms with Gasteiger partial charge < -0.3 is 10.2 Å². The summed E-state index contributed by atoms with van der Waals surface area (Å²) < 4.78 is 0. The van der Waals surface area contributed by atoms with Crippen LogP contribution in [0.25, 0.3) is 0 Å². The number of benzene rings is 1. The third-order valence-corrected chi connectivity index (χ3v) is 4.12. The average molecular weight is 260 g/mol. The summed E-state index contributed by atoms with van der Waals surface area (Å²) in [5.41, 5.74) is 4.65. The van der Waals surface area contributed by atoms with Gasteiger partial charge in [0, 0.05) is 32.7 Å². The van der Waals surface area contributed by atoms with Crippen molar-refractivity contribution < 1.29 is 0 Å². The number of hydrogen-bond acceptors (Lipinski definition) is 2. The Kier molecular flexibility index (Phi) is 4.64. The summed E-state index contributed by atoms with van der Waals surface area (Å²) in [5, 5.41) is 3.41. The molecule has 0 aliphatic carbocycles. The molecule has 0 aromatic heterocycles. The van der Waals surface area contributed by atoms with Crippen LogP contribution in [0, 0.1) is 6.92 Å². The molecule has 1 fully saturated rings. The first kappa shape index (κ1) is 14.5. The van der Waals surface area contributed by atoms with E-state index in [1.54, 1.807) is 0 Å². The van der Waals surface area contributed by atoms with Crippen molar-refractivity contribution in [1.29, 1.82) is 0 Å². The summed E-state index contributed by atoms with van der Waals surface area (Å²) in [6.07, 6.45) is 1.18. The molecule has 1 aliphatic heterocycles. The van der Waals surface area contributed by atoms with E-state index in [1.165, 1.54) is 42.7 Å². The van der Waals surface area contributed by atoms with E-state index in [1.807, 2.05) is 0 Å². The second-order valence-electron chi connectivity index (χ2n) is 6.73. The monoisotopic (exact) mass is 260 g/mol. The molecule has 0 saturated carbocycles. The zero-order chi connectivity index (χ0) is 13.9. The van der Waals surface area contributed by atoms with Crippen molar-refractivity contribution in [2.75, 3.05) is 32.7 Å². The normalized spacial score (nSPS) is 17.7. The molecule has 0 radical (unpaired) electrons. The van der Waals surface area contributed by atoms with Crippen LogP contribution in [-0.2, 0) is 11.8 Å². The minimum atomic E-state index is 0.248. The van der Waals surface area contributed by atoms with Gasteiger partial charge in [-0.25, -0.2) is 0 Å². The molecule has 1 heterocycles. The topological polar surface area (TPSA) is 15.3 Å². The summed E-state index contributed by atoms with van der Waals surface area (Å²) in [4.78, 5) is 2.57. The maximum absolute atomic E-state index is 3.41. The van der Waals surface area contributed by atoms with Crippen molar-refractivity contribution in [3.63, 3.8) is 0 Å². The van der Waals surface area contributed by atoms with Crippen LogP contribution in [0.15, 0.2) is 18.2 Å². The second kappa shape index (κ2) is 6.06. The summed E-state index contributed by atoms with van der Waals surface area (Å²) in [7, 11) is 0. The third-order valence-electron chi connectivity index (χ3n) is 4.12. The Hall–Kier alpha value is -0.860. The standard InChI is InChI=1S/C17H28N2/c1-14-5-6-16(17(2,3)4)13-15(14)7-10-19-11-8-18-9-12-19/h5-6,13,18H,7-12H2,1-4H3. The van der Waals surface area contributed by atoms with Crippen LogP contribution in [-0.4, -0.2) is 37.6 Å². The van der Waals surface area contributed by atoms with Gasteiger partial charge in [0.05, 0.1) is 0 Å². The van der Waals surface area contributed by atoms with Crippen LogP contribution < -0.4 is 5.32 Å². The number of hydrogen-bond donors (Lipinski definition) is 1. The molecule has 19 heavy (non-hydrogen) atoms. The SMILES string of the molecule is Cc1ccc(C(C)(C)C)cc1CCN1CCNCC1. The van der Waals surface area contributed by atoms with Crippen LogP contribution in [0.1, 0.15) is 37.5 Å². The minimum Gasteiger partial charge on any atom is -0.314 e. The Morgan fingerprint density at radius 2 is 1.84 bits per heavy atom. The van der Waals surface area contributed by atoms with Gasteiger partial charge >= 0.3 is 0 Å².